The fourth-order valence-electron chi connectivity index (χ4n) is 2.12. The zero-order valence-electron chi connectivity index (χ0n) is 11.5. The molecular weight excluding hydrogens is 360 g/mol. The molecule has 2 rings (SSSR count). The zero-order valence-corrected chi connectivity index (χ0v) is 13.8. The van der Waals surface area contributed by atoms with Crippen LogP contribution >= 0.6 is 27.5 Å². The van der Waals surface area contributed by atoms with Gasteiger partial charge in [0.25, 0.3) is 0 Å². The third-order valence-corrected chi connectivity index (χ3v) is 4.10. The van der Waals surface area contributed by atoms with Crippen LogP contribution in [0.4, 0.5) is 8.78 Å². The van der Waals surface area contributed by atoms with E-state index in [0.29, 0.717) is 15.1 Å². The van der Waals surface area contributed by atoms with Gasteiger partial charge in [-0.2, -0.15) is 0 Å². The van der Waals surface area contributed by atoms with Gasteiger partial charge < -0.3 is 5.32 Å². The number of nitrogens with one attached hydrogen (secondary N) is 1. The average Bonchev–Trinajstić information content (AvgIpc) is 2.46. The summed E-state index contributed by atoms with van der Waals surface area (Å²) >= 11 is 9.38. The van der Waals surface area contributed by atoms with Gasteiger partial charge in [0.1, 0.15) is 11.6 Å². The monoisotopic (exact) mass is 373 g/mol. The minimum absolute atomic E-state index is 0.287. The van der Waals surface area contributed by atoms with Crippen LogP contribution in [-0.4, -0.2) is 6.54 Å². The molecule has 1 atom stereocenters. The molecule has 5 heteroatoms. The van der Waals surface area contributed by atoms with Gasteiger partial charge in [-0.25, -0.2) is 8.78 Å². The molecular formula is C16H15BrClF2N. The average molecular weight is 375 g/mol. The molecule has 0 amide bonds. The molecule has 0 bridgehead atoms. The van der Waals surface area contributed by atoms with Gasteiger partial charge in [0.2, 0.25) is 0 Å². The maximum Gasteiger partial charge on any atom is 0.137 e. The molecule has 21 heavy (non-hydrogen) atoms. The molecule has 2 aromatic rings. The summed E-state index contributed by atoms with van der Waals surface area (Å²) in [7, 11) is 0. The van der Waals surface area contributed by atoms with E-state index in [0.717, 1.165) is 18.5 Å². The largest absolute Gasteiger partial charge is 0.306 e. The summed E-state index contributed by atoms with van der Waals surface area (Å²) in [5.41, 5.74) is 1.47. The maximum absolute atomic E-state index is 13.5. The molecule has 2 aromatic carbocycles. The van der Waals surface area contributed by atoms with E-state index in [4.69, 9.17) is 11.6 Å². The summed E-state index contributed by atoms with van der Waals surface area (Å²) in [4.78, 5) is 0. The molecule has 0 aromatic heterocycles. The first-order chi connectivity index (χ1) is 10.0. The Morgan fingerprint density at radius 2 is 1.95 bits per heavy atom. The van der Waals surface area contributed by atoms with Gasteiger partial charge >= 0.3 is 0 Å². The summed E-state index contributed by atoms with van der Waals surface area (Å²) in [6.07, 6.45) is 0.922. The van der Waals surface area contributed by atoms with Crippen molar-refractivity contribution < 1.29 is 8.78 Å². The predicted molar refractivity (Wildman–Crippen MR) is 85.6 cm³/mol. The van der Waals surface area contributed by atoms with Gasteiger partial charge in [-0.05, 0) is 70.4 Å². The van der Waals surface area contributed by atoms with Gasteiger partial charge in [0.15, 0.2) is 0 Å². The van der Waals surface area contributed by atoms with Crippen molar-refractivity contribution in [3.63, 3.8) is 0 Å². The van der Waals surface area contributed by atoms with Crippen LogP contribution in [0.2, 0.25) is 5.02 Å². The van der Waals surface area contributed by atoms with Crippen LogP contribution in [0.25, 0.3) is 0 Å². The van der Waals surface area contributed by atoms with E-state index in [1.807, 2.05) is 6.92 Å². The first kappa shape index (κ1) is 16.4. The summed E-state index contributed by atoms with van der Waals surface area (Å²) < 4.78 is 27.3. The second kappa shape index (κ2) is 7.34. The molecule has 0 aliphatic heterocycles. The van der Waals surface area contributed by atoms with Crippen LogP contribution in [0.1, 0.15) is 30.5 Å². The van der Waals surface area contributed by atoms with Crippen LogP contribution in [-0.2, 0) is 0 Å². The first-order valence-corrected chi connectivity index (χ1v) is 7.83. The van der Waals surface area contributed by atoms with Crippen molar-refractivity contribution in [1.29, 1.82) is 0 Å². The van der Waals surface area contributed by atoms with E-state index in [1.165, 1.54) is 24.3 Å². The highest BCUT2D eigenvalue weighted by Gasteiger charge is 2.18. The predicted octanol–water partition coefficient (Wildman–Crippen LogP) is 5.47. The zero-order chi connectivity index (χ0) is 15.4. The standard InChI is InChI=1S/C16H15BrClF2N/c1-2-7-21-16(10-3-6-15(20)13(17)8-10)12-9-11(19)4-5-14(12)18/h3-6,8-9,16,21H,2,7H2,1H3. The van der Waals surface area contributed by atoms with Crippen LogP contribution in [0.5, 0.6) is 0 Å². The quantitative estimate of drug-likeness (QED) is 0.732. The fraction of sp³-hybridized carbons (Fsp3) is 0.250. The minimum atomic E-state index is -0.348. The molecule has 0 saturated carbocycles. The lowest BCUT2D eigenvalue weighted by molar-refractivity contribution is 0.581. The molecule has 0 heterocycles. The number of halogens is 4. The van der Waals surface area contributed by atoms with E-state index in [2.05, 4.69) is 21.2 Å². The van der Waals surface area contributed by atoms with Gasteiger partial charge in [-0.15, -0.1) is 0 Å². The van der Waals surface area contributed by atoms with E-state index < -0.39 is 0 Å². The van der Waals surface area contributed by atoms with Crippen molar-refractivity contribution in [3.05, 3.63) is 68.7 Å². The van der Waals surface area contributed by atoms with Gasteiger partial charge in [-0.3, -0.25) is 0 Å². The smallest absolute Gasteiger partial charge is 0.137 e. The Kier molecular flexibility index (Phi) is 5.73. The normalized spacial score (nSPS) is 12.4. The highest BCUT2D eigenvalue weighted by Crippen LogP contribution is 2.31. The third kappa shape index (κ3) is 4.02. The Balaban J connectivity index is 2.46. The highest BCUT2D eigenvalue weighted by atomic mass is 79.9. The molecule has 0 radical (unpaired) electrons. The lowest BCUT2D eigenvalue weighted by Crippen LogP contribution is -2.23. The number of rotatable bonds is 5. The Morgan fingerprint density at radius 1 is 1.19 bits per heavy atom. The van der Waals surface area contributed by atoms with Crippen molar-refractivity contribution in [1.82, 2.24) is 5.32 Å². The highest BCUT2D eigenvalue weighted by molar-refractivity contribution is 9.10. The third-order valence-electron chi connectivity index (χ3n) is 3.14. The Hall–Kier alpha value is -0.970. The van der Waals surface area contributed by atoms with Crippen molar-refractivity contribution >= 4 is 27.5 Å². The number of benzene rings is 2. The summed E-state index contributed by atoms with van der Waals surface area (Å²) in [5, 5.41) is 3.80. The van der Waals surface area contributed by atoms with Gasteiger partial charge in [-0.1, -0.05) is 24.6 Å². The molecule has 112 valence electrons. The number of hydrogen-bond acceptors (Lipinski definition) is 1. The molecule has 0 saturated heterocycles. The second-order valence-corrected chi connectivity index (χ2v) is 5.99. The molecule has 0 aliphatic carbocycles. The van der Waals surface area contributed by atoms with Crippen molar-refractivity contribution in [2.45, 2.75) is 19.4 Å². The van der Waals surface area contributed by atoms with Crippen molar-refractivity contribution in [2.24, 2.45) is 0 Å². The maximum atomic E-state index is 13.5. The molecule has 1 unspecified atom stereocenters. The molecule has 0 aliphatic rings. The Bertz CT molecular complexity index is 634. The van der Waals surface area contributed by atoms with Crippen LogP contribution < -0.4 is 5.32 Å². The fourth-order valence-corrected chi connectivity index (χ4v) is 2.75. The van der Waals surface area contributed by atoms with Gasteiger partial charge in [0, 0.05) is 5.02 Å². The Labute approximate surface area is 136 Å². The first-order valence-electron chi connectivity index (χ1n) is 6.66. The van der Waals surface area contributed by atoms with Crippen LogP contribution in [0, 0.1) is 11.6 Å². The molecule has 1 N–H and O–H groups in total. The molecule has 0 spiro atoms. The second-order valence-electron chi connectivity index (χ2n) is 4.73. The van der Waals surface area contributed by atoms with Crippen LogP contribution in [0.3, 0.4) is 0 Å². The number of hydrogen-bond donors (Lipinski definition) is 1. The SMILES string of the molecule is CCCNC(c1ccc(F)c(Br)c1)c1cc(F)ccc1Cl. The Morgan fingerprint density at radius 3 is 2.62 bits per heavy atom. The van der Waals surface area contributed by atoms with Crippen LogP contribution in [0.15, 0.2) is 40.9 Å². The van der Waals surface area contributed by atoms with E-state index in [-0.39, 0.29) is 17.7 Å². The van der Waals surface area contributed by atoms with E-state index >= 15 is 0 Å². The lowest BCUT2D eigenvalue weighted by Gasteiger charge is -2.21. The van der Waals surface area contributed by atoms with Gasteiger partial charge in [0.05, 0.1) is 10.5 Å². The molecule has 1 nitrogen and oxygen atoms in total. The van der Waals surface area contributed by atoms with E-state index in [1.54, 1.807) is 12.1 Å². The summed E-state index contributed by atoms with van der Waals surface area (Å²) in [6.45, 7) is 2.78. The van der Waals surface area contributed by atoms with Crippen molar-refractivity contribution in [3.8, 4) is 0 Å². The summed E-state index contributed by atoms with van der Waals surface area (Å²) in [6, 6.07) is 8.72. The molecule has 0 fully saturated rings. The van der Waals surface area contributed by atoms with Crippen molar-refractivity contribution in [2.75, 3.05) is 6.54 Å². The topological polar surface area (TPSA) is 12.0 Å². The van der Waals surface area contributed by atoms with E-state index in [9.17, 15) is 8.78 Å². The summed E-state index contributed by atoms with van der Waals surface area (Å²) in [5.74, 6) is -0.683. The lowest BCUT2D eigenvalue weighted by atomic mass is 9.98. The minimum Gasteiger partial charge on any atom is -0.306 e.